The van der Waals surface area contributed by atoms with Crippen LogP contribution < -0.4 is 0 Å². The van der Waals surface area contributed by atoms with Gasteiger partial charge in [0.1, 0.15) is 0 Å². The van der Waals surface area contributed by atoms with Crippen molar-refractivity contribution < 1.29 is 0 Å². The van der Waals surface area contributed by atoms with Gasteiger partial charge in [-0.2, -0.15) is 0 Å². The standard InChI is InChI=1S/C42H35N/c1-7-16-31(17-8-2)40-27-26-33(28-43-40)30-22-24-32(25-23-30)41-35(11-5)36(12-6)42(39-20-14-13-19-38(39)41)37-21-15-18-29(9-3)34(37)10-4/h7-28H,1,3-6H2,2H3/b17-8-,31-16+. The molecule has 4 aromatic carbocycles. The van der Waals surface area contributed by atoms with E-state index in [0.29, 0.717) is 0 Å². The van der Waals surface area contributed by atoms with Crippen molar-refractivity contribution in [3.63, 3.8) is 0 Å². The van der Waals surface area contributed by atoms with Gasteiger partial charge in [0.15, 0.2) is 0 Å². The molecule has 5 aromatic rings. The zero-order valence-electron chi connectivity index (χ0n) is 24.7. The molecule has 1 heterocycles. The SMILES string of the molecule is C=C/C=C(\C=C/C)c1ccc(-c2ccc(-c3c(C=C)c(C=C)c(-c4cccc(C=C)c4C=C)c4ccccc34)cc2)cn1. The number of allylic oxidation sites excluding steroid dienone is 5. The van der Waals surface area contributed by atoms with Crippen LogP contribution in [0.15, 0.2) is 142 Å². The molecule has 1 heteroatoms. The van der Waals surface area contributed by atoms with Gasteiger partial charge in [-0.1, -0.05) is 154 Å². The van der Waals surface area contributed by atoms with E-state index in [0.717, 1.165) is 77.7 Å². The fraction of sp³-hybridized carbons (Fsp3) is 0.0238. The molecule has 0 aliphatic carbocycles. The van der Waals surface area contributed by atoms with Crippen molar-refractivity contribution in [3.8, 4) is 33.4 Å². The predicted octanol–water partition coefficient (Wildman–Crippen LogP) is 12.0. The molecule has 0 saturated heterocycles. The third-order valence-corrected chi connectivity index (χ3v) is 7.75. The van der Waals surface area contributed by atoms with Crippen molar-refractivity contribution in [2.24, 2.45) is 0 Å². The molecule has 5 rings (SSSR count). The van der Waals surface area contributed by atoms with Gasteiger partial charge in [0, 0.05) is 11.8 Å². The average Bonchev–Trinajstić information content (AvgIpc) is 3.06. The van der Waals surface area contributed by atoms with E-state index in [1.54, 1.807) is 6.08 Å². The summed E-state index contributed by atoms with van der Waals surface area (Å²) in [6, 6.07) is 27.7. The highest BCUT2D eigenvalue weighted by Crippen LogP contribution is 2.45. The minimum Gasteiger partial charge on any atom is -0.256 e. The highest BCUT2D eigenvalue weighted by Gasteiger charge is 2.20. The van der Waals surface area contributed by atoms with Crippen LogP contribution in [0.25, 0.3) is 74.0 Å². The molecule has 0 aliphatic heterocycles. The van der Waals surface area contributed by atoms with Gasteiger partial charge >= 0.3 is 0 Å². The van der Waals surface area contributed by atoms with E-state index in [-0.39, 0.29) is 0 Å². The van der Waals surface area contributed by atoms with E-state index in [4.69, 9.17) is 4.98 Å². The third kappa shape index (κ3) is 5.41. The Morgan fingerprint density at radius 3 is 1.81 bits per heavy atom. The van der Waals surface area contributed by atoms with Gasteiger partial charge in [-0.15, -0.1) is 0 Å². The lowest BCUT2D eigenvalue weighted by molar-refractivity contribution is 1.28. The van der Waals surface area contributed by atoms with Gasteiger partial charge in [-0.05, 0) is 79.4 Å². The number of rotatable bonds is 10. The second-order valence-corrected chi connectivity index (χ2v) is 10.1. The first kappa shape index (κ1) is 29.0. The summed E-state index contributed by atoms with van der Waals surface area (Å²) in [4.78, 5) is 4.72. The largest absolute Gasteiger partial charge is 0.256 e. The summed E-state index contributed by atoms with van der Waals surface area (Å²) in [6.07, 6.45) is 17.4. The molecule has 208 valence electrons. The molecule has 0 fully saturated rings. The number of pyridine rings is 1. The van der Waals surface area contributed by atoms with Gasteiger partial charge in [-0.3, -0.25) is 4.98 Å². The summed E-state index contributed by atoms with van der Waals surface area (Å²) in [7, 11) is 0. The van der Waals surface area contributed by atoms with Crippen LogP contribution >= 0.6 is 0 Å². The molecule has 0 unspecified atom stereocenters. The van der Waals surface area contributed by atoms with Crippen molar-refractivity contribution in [2.75, 3.05) is 0 Å². The number of nitrogens with zero attached hydrogens (tertiary/aromatic N) is 1. The van der Waals surface area contributed by atoms with E-state index < -0.39 is 0 Å². The first-order valence-electron chi connectivity index (χ1n) is 14.3. The Hall–Kier alpha value is -5.53. The molecule has 0 saturated carbocycles. The van der Waals surface area contributed by atoms with Gasteiger partial charge in [0.25, 0.3) is 0 Å². The van der Waals surface area contributed by atoms with Crippen LogP contribution in [0.5, 0.6) is 0 Å². The summed E-state index contributed by atoms with van der Waals surface area (Å²) in [5, 5.41) is 2.30. The van der Waals surface area contributed by atoms with Crippen molar-refractivity contribution >= 4 is 40.6 Å². The molecule has 0 spiro atoms. The normalized spacial score (nSPS) is 11.4. The lowest BCUT2D eigenvalue weighted by atomic mass is 9.81. The molecule has 0 atom stereocenters. The summed E-state index contributed by atoms with van der Waals surface area (Å²) >= 11 is 0. The number of hydrogen-bond donors (Lipinski definition) is 0. The van der Waals surface area contributed by atoms with Crippen LogP contribution in [0, 0.1) is 0 Å². The Morgan fingerprint density at radius 1 is 0.605 bits per heavy atom. The van der Waals surface area contributed by atoms with Crippen LogP contribution in [0.1, 0.15) is 34.9 Å². The van der Waals surface area contributed by atoms with Gasteiger partial charge < -0.3 is 0 Å². The highest BCUT2D eigenvalue weighted by atomic mass is 14.7. The first-order chi connectivity index (χ1) is 21.1. The molecule has 0 bridgehead atoms. The van der Waals surface area contributed by atoms with Gasteiger partial charge in [0.05, 0.1) is 5.69 Å². The van der Waals surface area contributed by atoms with E-state index in [1.165, 1.54) is 0 Å². The number of benzene rings is 4. The van der Waals surface area contributed by atoms with Gasteiger partial charge in [-0.25, -0.2) is 0 Å². The summed E-state index contributed by atoms with van der Waals surface area (Å²) in [5.41, 5.74) is 12.8. The van der Waals surface area contributed by atoms with Crippen LogP contribution in [-0.2, 0) is 0 Å². The minimum atomic E-state index is 0.913. The molecule has 0 aliphatic rings. The monoisotopic (exact) mass is 553 g/mol. The Bertz CT molecular complexity index is 1930. The molecule has 0 radical (unpaired) electrons. The Labute approximate surface area is 255 Å². The van der Waals surface area contributed by atoms with Gasteiger partial charge in [0.2, 0.25) is 0 Å². The number of hydrogen-bond acceptors (Lipinski definition) is 1. The second kappa shape index (κ2) is 13.0. The summed E-state index contributed by atoms with van der Waals surface area (Å²) in [5.74, 6) is 0. The van der Waals surface area contributed by atoms with Crippen molar-refractivity contribution in [3.05, 3.63) is 170 Å². The quantitative estimate of drug-likeness (QED) is 0.157. The fourth-order valence-corrected chi connectivity index (χ4v) is 5.81. The fourth-order valence-electron chi connectivity index (χ4n) is 5.81. The molecule has 0 amide bonds. The smallest absolute Gasteiger partial charge is 0.0702 e. The first-order valence-corrected chi connectivity index (χ1v) is 14.3. The summed E-state index contributed by atoms with van der Waals surface area (Å²) in [6.45, 7) is 22.5. The number of fused-ring (bicyclic) bond motifs is 1. The van der Waals surface area contributed by atoms with Crippen LogP contribution in [0.2, 0.25) is 0 Å². The molecule has 43 heavy (non-hydrogen) atoms. The molecule has 1 nitrogen and oxygen atoms in total. The average molecular weight is 554 g/mol. The van der Waals surface area contributed by atoms with E-state index in [1.807, 2.05) is 55.7 Å². The molecular weight excluding hydrogens is 518 g/mol. The molecule has 0 N–H and O–H groups in total. The maximum Gasteiger partial charge on any atom is 0.0702 e. The molecule has 1 aromatic heterocycles. The van der Waals surface area contributed by atoms with Crippen LogP contribution in [-0.4, -0.2) is 4.98 Å². The predicted molar refractivity (Wildman–Crippen MR) is 191 cm³/mol. The van der Waals surface area contributed by atoms with E-state index in [9.17, 15) is 0 Å². The lowest BCUT2D eigenvalue weighted by Crippen LogP contribution is -1.98. The van der Waals surface area contributed by atoms with E-state index >= 15 is 0 Å². The third-order valence-electron chi connectivity index (χ3n) is 7.75. The number of aromatic nitrogens is 1. The Balaban J connectivity index is 1.67. The molecular formula is C42H35N. The van der Waals surface area contributed by atoms with Crippen LogP contribution in [0.3, 0.4) is 0 Å². The maximum absolute atomic E-state index is 4.72. The van der Waals surface area contributed by atoms with E-state index in [2.05, 4.69) is 112 Å². The van der Waals surface area contributed by atoms with Crippen molar-refractivity contribution in [1.82, 2.24) is 4.98 Å². The zero-order chi connectivity index (χ0) is 30.3. The topological polar surface area (TPSA) is 12.9 Å². The second-order valence-electron chi connectivity index (χ2n) is 10.1. The zero-order valence-corrected chi connectivity index (χ0v) is 24.7. The lowest BCUT2D eigenvalue weighted by Gasteiger charge is -2.22. The minimum absolute atomic E-state index is 0.913. The maximum atomic E-state index is 4.72. The van der Waals surface area contributed by atoms with Crippen molar-refractivity contribution in [2.45, 2.75) is 6.92 Å². The highest BCUT2D eigenvalue weighted by molar-refractivity contribution is 6.12. The van der Waals surface area contributed by atoms with Crippen molar-refractivity contribution in [1.29, 1.82) is 0 Å². The summed E-state index contributed by atoms with van der Waals surface area (Å²) < 4.78 is 0. The van der Waals surface area contributed by atoms with Crippen LogP contribution in [0.4, 0.5) is 0 Å². The Kier molecular flexibility index (Phi) is 8.74. The Morgan fingerprint density at radius 2 is 1.23 bits per heavy atom.